The molecular formula is C19H20F3N3O3. The lowest BCUT2D eigenvalue weighted by atomic mass is 10.1. The van der Waals surface area contributed by atoms with Gasteiger partial charge in [0.25, 0.3) is 0 Å². The third kappa shape index (κ3) is 4.18. The fourth-order valence-corrected chi connectivity index (χ4v) is 3.32. The van der Waals surface area contributed by atoms with E-state index in [2.05, 4.69) is 10.4 Å². The Bertz CT molecular complexity index is 871. The van der Waals surface area contributed by atoms with Gasteiger partial charge in [-0.25, -0.2) is 9.48 Å². The highest BCUT2D eigenvalue weighted by atomic mass is 19.4. The van der Waals surface area contributed by atoms with Crippen molar-refractivity contribution in [1.29, 1.82) is 0 Å². The van der Waals surface area contributed by atoms with Crippen LogP contribution in [0, 0.1) is 5.92 Å². The minimum absolute atomic E-state index is 0.0516. The van der Waals surface area contributed by atoms with Crippen molar-refractivity contribution in [3.05, 3.63) is 41.7 Å². The van der Waals surface area contributed by atoms with Gasteiger partial charge in [-0.1, -0.05) is 18.9 Å². The maximum absolute atomic E-state index is 13.6. The third-order valence-corrected chi connectivity index (χ3v) is 4.62. The summed E-state index contributed by atoms with van der Waals surface area (Å²) in [6.07, 6.45) is -0.363. The van der Waals surface area contributed by atoms with Crippen LogP contribution in [0.15, 0.2) is 30.5 Å². The topological polar surface area (TPSA) is 73.2 Å². The summed E-state index contributed by atoms with van der Waals surface area (Å²) in [5.74, 6) is -1.31. The first-order chi connectivity index (χ1) is 13.3. The van der Waals surface area contributed by atoms with E-state index in [-0.39, 0.29) is 24.1 Å². The van der Waals surface area contributed by atoms with Crippen LogP contribution in [0.25, 0.3) is 5.69 Å². The largest absolute Gasteiger partial charge is 0.462 e. The van der Waals surface area contributed by atoms with E-state index in [1.165, 1.54) is 25.1 Å². The second-order valence-corrected chi connectivity index (χ2v) is 6.56. The Kier molecular flexibility index (Phi) is 5.71. The predicted octanol–water partition coefficient (Wildman–Crippen LogP) is 4.20. The highest BCUT2D eigenvalue weighted by Crippen LogP contribution is 2.34. The van der Waals surface area contributed by atoms with Crippen LogP contribution < -0.4 is 5.32 Å². The van der Waals surface area contributed by atoms with Crippen molar-refractivity contribution >= 4 is 17.6 Å². The minimum atomic E-state index is -4.82. The van der Waals surface area contributed by atoms with Crippen LogP contribution in [0.1, 0.15) is 48.7 Å². The summed E-state index contributed by atoms with van der Waals surface area (Å²) in [4.78, 5) is 24.2. The number of anilines is 1. The first kappa shape index (κ1) is 19.9. The molecule has 1 aliphatic carbocycles. The van der Waals surface area contributed by atoms with Crippen molar-refractivity contribution < 1.29 is 27.5 Å². The lowest BCUT2D eigenvalue weighted by Crippen LogP contribution is -2.21. The Morgan fingerprint density at radius 2 is 2.00 bits per heavy atom. The standard InChI is InChI=1S/C19H20F3N3O3/c1-2-28-18(27)15-11-23-25(16(15)19(20,21)22)14-9-5-8-13(10-14)24-17(26)12-6-3-4-7-12/h5,8-12H,2-4,6-7H2,1H3,(H,24,26). The minimum Gasteiger partial charge on any atom is -0.462 e. The number of esters is 1. The van der Waals surface area contributed by atoms with E-state index in [0.29, 0.717) is 10.4 Å². The highest BCUT2D eigenvalue weighted by Gasteiger charge is 2.41. The number of benzene rings is 1. The van der Waals surface area contributed by atoms with Gasteiger partial charge in [-0.3, -0.25) is 4.79 Å². The zero-order valence-corrected chi connectivity index (χ0v) is 15.3. The number of ether oxygens (including phenoxy) is 1. The zero-order chi connectivity index (χ0) is 20.3. The molecule has 2 aromatic rings. The molecule has 0 aliphatic heterocycles. The van der Waals surface area contributed by atoms with Gasteiger partial charge in [0.05, 0.1) is 18.5 Å². The number of carbonyl (C=O) groups excluding carboxylic acids is 2. The SMILES string of the molecule is CCOC(=O)c1cnn(-c2cccc(NC(=O)C3CCCC3)c2)c1C(F)(F)F. The number of hydrogen-bond acceptors (Lipinski definition) is 4. The highest BCUT2D eigenvalue weighted by molar-refractivity contribution is 5.93. The number of nitrogens with zero attached hydrogens (tertiary/aromatic N) is 2. The van der Waals surface area contributed by atoms with Gasteiger partial charge in [0.2, 0.25) is 5.91 Å². The molecule has 1 aromatic carbocycles. The van der Waals surface area contributed by atoms with Crippen molar-refractivity contribution in [2.75, 3.05) is 11.9 Å². The molecule has 1 aromatic heterocycles. The number of hydrogen-bond donors (Lipinski definition) is 1. The first-order valence-electron chi connectivity index (χ1n) is 9.05. The number of amides is 1. The van der Waals surface area contributed by atoms with Gasteiger partial charge in [0.15, 0.2) is 5.69 Å². The van der Waals surface area contributed by atoms with E-state index < -0.39 is 23.4 Å². The number of halogens is 3. The molecule has 0 atom stereocenters. The molecule has 150 valence electrons. The monoisotopic (exact) mass is 395 g/mol. The molecule has 0 saturated heterocycles. The van der Waals surface area contributed by atoms with Gasteiger partial charge in [-0.05, 0) is 38.0 Å². The Morgan fingerprint density at radius 1 is 1.29 bits per heavy atom. The molecule has 1 fully saturated rings. The fraction of sp³-hybridized carbons (Fsp3) is 0.421. The normalized spacial score (nSPS) is 14.9. The van der Waals surface area contributed by atoms with Crippen molar-refractivity contribution in [3.63, 3.8) is 0 Å². The van der Waals surface area contributed by atoms with E-state index in [9.17, 15) is 22.8 Å². The molecule has 0 spiro atoms. The van der Waals surface area contributed by atoms with Crippen LogP contribution >= 0.6 is 0 Å². The maximum Gasteiger partial charge on any atom is 0.434 e. The average molecular weight is 395 g/mol. The van der Waals surface area contributed by atoms with Gasteiger partial charge in [0.1, 0.15) is 5.56 Å². The quantitative estimate of drug-likeness (QED) is 0.771. The summed E-state index contributed by atoms with van der Waals surface area (Å²) in [6, 6.07) is 5.93. The van der Waals surface area contributed by atoms with E-state index >= 15 is 0 Å². The number of carbonyl (C=O) groups is 2. The van der Waals surface area contributed by atoms with Gasteiger partial charge in [0, 0.05) is 11.6 Å². The van der Waals surface area contributed by atoms with Crippen LogP contribution in [0.4, 0.5) is 18.9 Å². The van der Waals surface area contributed by atoms with Crippen LogP contribution in [0.3, 0.4) is 0 Å². The van der Waals surface area contributed by atoms with Crippen molar-refractivity contribution in [3.8, 4) is 5.69 Å². The molecule has 3 rings (SSSR count). The molecule has 1 heterocycles. The second kappa shape index (κ2) is 8.04. The fourth-order valence-electron chi connectivity index (χ4n) is 3.32. The lowest BCUT2D eigenvalue weighted by Gasteiger charge is -2.14. The summed E-state index contributed by atoms with van der Waals surface area (Å²) in [5, 5.41) is 6.49. The predicted molar refractivity (Wildman–Crippen MR) is 95.1 cm³/mol. The molecule has 28 heavy (non-hydrogen) atoms. The van der Waals surface area contributed by atoms with E-state index in [1.807, 2.05) is 0 Å². The van der Waals surface area contributed by atoms with Gasteiger partial charge < -0.3 is 10.1 Å². The second-order valence-electron chi connectivity index (χ2n) is 6.56. The number of aromatic nitrogens is 2. The van der Waals surface area contributed by atoms with E-state index in [1.54, 1.807) is 6.07 Å². The molecule has 9 heteroatoms. The van der Waals surface area contributed by atoms with Gasteiger partial charge in [-0.15, -0.1) is 0 Å². The Labute approximate surface area is 159 Å². The van der Waals surface area contributed by atoms with Gasteiger partial charge >= 0.3 is 12.1 Å². The smallest absolute Gasteiger partial charge is 0.434 e. The van der Waals surface area contributed by atoms with E-state index in [0.717, 1.165) is 31.9 Å². The van der Waals surface area contributed by atoms with Crippen molar-refractivity contribution in [2.45, 2.75) is 38.8 Å². The average Bonchev–Trinajstić information content (AvgIpc) is 3.31. The van der Waals surface area contributed by atoms with E-state index in [4.69, 9.17) is 4.74 Å². The molecule has 1 amide bonds. The zero-order valence-electron chi connectivity index (χ0n) is 15.3. The van der Waals surface area contributed by atoms with Crippen LogP contribution in [0.2, 0.25) is 0 Å². The molecule has 6 nitrogen and oxygen atoms in total. The number of nitrogens with one attached hydrogen (secondary N) is 1. The third-order valence-electron chi connectivity index (χ3n) is 4.62. The summed E-state index contributed by atoms with van der Waals surface area (Å²) in [5.41, 5.74) is -1.43. The lowest BCUT2D eigenvalue weighted by molar-refractivity contribution is -0.143. The van der Waals surface area contributed by atoms with Crippen LogP contribution in [-0.4, -0.2) is 28.3 Å². The molecule has 0 unspecified atom stereocenters. The molecule has 1 saturated carbocycles. The van der Waals surface area contributed by atoms with Gasteiger partial charge in [-0.2, -0.15) is 18.3 Å². The van der Waals surface area contributed by atoms with Crippen LogP contribution in [-0.2, 0) is 15.7 Å². The summed E-state index contributed by atoms with van der Waals surface area (Å²) >= 11 is 0. The van der Waals surface area contributed by atoms with Crippen molar-refractivity contribution in [2.24, 2.45) is 5.92 Å². The Hall–Kier alpha value is -2.84. The van der Waals surface area contributed by atoms with Crippen LogP contribution in [0.5, 0.6) is 0 Å². The number of alkyl halides is 3. The maximum atomic E-state index is 13.6. The molecule has 0 radical (unpaired) electrons. The molecule has 0 bridgehead atoms. The molecular weight excluding hydrogens is 375 g/mol. The number of rotatable bonds is 5. The molecule has 1 N–H and O–H groups in total. The van der Waals surface area contributed by atoms with Crippen molar-refractivity contribution in [1.82, 2.24) is 9.78 Å². The molecule has 1 aliphatic rings. The summed E-state index contributed by atoms with van der Waals surface area (Å²) in [7, 11) is 0. The summed E-state index contributed by atoms with van der Waals surface area (Å²) < 4.78 is 46.1. The first-order valence-corrected chi connectivity index (χ1v) is 9.05. The Balaban J connectivity index is 1.93. The summed E-state index contributed by atoms with van der Waals surface area (Å²) in [6.45, 7) is 1.45. The Morgan fingerprint density at radius 3 is 2.64 bits per heavy atom.